The second-order valence-electron chi connectivity index (χ2n) is 6.34. The fourth-order valence-electron chi connectivity index (χ4n) is 3.11. The highest BCUT2D eigenvalue weighted by molar-refractivity contribution is 7.22. The number of hydrogen-bond acceptors (Lipinski definition) is 5. The van der Waals surface area contributed by atoms with Gasteiger partial charge in [0.05, 0.1) is 16.8 Å². The first-order chi connectivity index (χ1) is 13.5. The van der Waals surface area contributed by atoms with Crippen molar-refractivity contribution in [2.75, 3.05) is 43.5 Å². The summed E-state index contributed by atoms with van der Waals surface area (Å²) >= 11 is 13.8. The van der Waals surface area contributed by atoms with Gasteiger partial charge in [0, 0.05) is 36.9 Å². The van der Waals surface area contributed by atoms with E-state index in [4.69, 9.17) is 32.9 Å². The van der Waals surface area contributed by atoms with Crippen LogP contribution in [0, 0.1) is 0 Å². The molecule has 146 valence electrons. The Morgan fingerprint density at radius 3 is 2.68 bits per heavy atom. The second kappa shape index (κ2) is 8.03. The van der Waals surface area contributed by atoms with E-state index in [1.165, 1.54) is 0 Å². The lowest BCUT2D eigenvalue weighted by Crippen LogP contribution is -2.50. The molecule has 0 unspecified atom stereocenters. The molecule has 1 saturated heterocycles. The van der Waals surface area contributed by atoms with E-state index >= 15 is 0 Å². The third-order valence-corrected chi connectivity index (χ3v) is 6.39. The zero-order chi connectivity index (χ0) is 19.7. The number of carbonyl (C=O) groups is 1. The van der Waals surface area contributed by atoms with E-state index in [1.54, 1.807) is 35.5 Å². The lowest BCUT2D eigenvalue weighted by atomic mass is 10.3. The molecule has 6 nitrogen and oxygen atoms in total. The Hall–Kier alpha value is -2.22. The van der Waals surface area contributed by atoms with E-state index in [0.717, 1.165) is 15.3 Å². The largest absolute Gasteiger partial charge is 0.494 e. The Labute approximate surface area is 176 Å². The van der Waals surface area contributed by atoms with Crippen LogP contribution in [0.1, 0.15) is 0 Å². The fraction of sp³-hybridized carbons (Fsp3) is 0.263. The molecule has 2 aromatic carbocycles. The monoisotopic (exact) mass is 436 g/mol. The van der Waals surface area contributed by atoms with E-state index < -0.39 is 0 Å². The van der Waals surface area contributed by atoms with Gasteiger partial charge in [-0.3, -0.25) is 0 Å². The number of nitrogens with zero attached hydrogens (tertiary/aromatic N) is 3. The predicted octanol–water partition coefficient (Wildman–Crippen LogP) is 4.97. The van der Waals surface area contributed by atoms with Crippen LogP contribution in [-0.4, -0.2) is 49.2 Å². The average molecular weight is 437 g/mol. The van der Waals surface area contributed by atoms with Crippen molar-refractivity contribution in [3.63, 3.8) is 0 Å². The lowest BCUT2D eigenvalue weighted by molar-refractivity contribution is 0.208. The van der Waals surface area contributed by atoms with Gasteiger partial charge in [0.15, 0.2) is 5.13 Å². The van der Waals surface area contributed by atoms with Gasteiger partial charge in [-0.25, -0.2) is 9.78 Å². The van der Waals surface area contributed by atoms with E-state index in [9.17, 15) is 4.79 Å². The van der Waals surface area contributed by atoms with Gasteiger partial charge < -0.3 is 19.9 Å². The standard InChI is InChI=1S/C19H18Cl2N4O2S/c1-27-15-6-5-14(21)17-16(15)23-19(28-17)25-9-7-24(8-10-25)18(26)22-13-4-2-3-12(20)11-13/h2-6,11H,7-10H2,1H3,(H,22,26). The minimum atomic E-state index is -0.129. The van der Waals surface area contributed by atoms with Crippen LogP contribution < -0.4 is 15.0 Å². The Morgan fingerprint density at radius 1 is 1.18 bits per heavy atom. The zero-order valence-corrected chi connectivity index (χ0v) is 17.4. The van der Waals surface area contributed by atoms with Gasteiger partial charge in [-0.2, -0.15) is 0 Å². The number of nitrogens with one attached hydrogen (secondary N) is 1. The smallest absolute Gasteiger partial charge is 0.321 e. The Morgan fingerprint density at radius 2 is 1.96 bits per heavy atom. The molecule has 2 heterocycles. The fourth-order valence-corrected chi connectivity index (χ4v) is 4.61. The number of benzene rings is 2. The summed E-state index contributed by atoms with van der Waals surface area (Å²) in [6, 6.07) is 10.6. The SMILES string of the molecule is COc1ccc(Cl)c2sc(N3CCN(C(=O)Nc4cccc(Cl)c4)CC3)nc12. The molecule has 1 aliphatic rings. The number of piperazine rings is 1. The van der Waals surface area contributed by atoms with Gasteiger partial charge in [-0.15, -0.1) is 0 Å². The molecule has 1 aromatic heterocycles. The quantitative estimate of drug-likeness (QED) is 0.629. The summed E-state index contributed by atoms with van der Waals surface area (Å²) in [6.07, 6.45) is 0. The number of carbonyl (C=O) groups excluding carboxylic acids is 1. The van der Waals surface area contributed by atoms with Gasteiger partial charge in [-0.1, -0.05) is 40.6 Å². The van der Waals surface area contributed by atoms with Gasteiger partial charge >= 0.3 is 6.03 Å². The normalized spacial score (nSPS) is 14.4. The first-order valence-electron chi connectivity index (χ1n) is 8.74. The molecule has 0 saturated carbocycles. The summed E-state index contributed by atoms with van der Waals surface area (Å²) in [4.78, 5) is 21.2. The minimum absolute atomic E-state index is 0.129. The molecule has 1 aliphatic heterocycles. The number of methoxy groups -OCH3 is 1. The Kier molecular flexibility index (Phi) is 5.48. The van der Waals surface area contributed by atoms with Crippen LogP contribution in [0.2, 0.25) is 10.0 Å². The Balaban J connectivity index is 1.43. The first kappa shape index (κ1) is 19.1. The van der Waals surface area contributed by atoms with Crippen LogP contribution in [0.15, 0.2) is 36.4 Å². The maximum atomic E-state index is 12.5. The topological polar surface area (TPSA) is 57.7 Å². The van der Waals surface area contributed by atoms with Crippen molar-refractivity contribution in [1.29, 1.82) is 0 Å². The van der Waals surface area contributed by atoms with Crippen molar-refractivity contribution in [2.45, 2.75) is 0 Å². The summed E-state index contributed by atoms with van der Waals surface area (Å²) in [5, 5.41) is 5.03. The van der Waals surface area contributed by atoms with E-state index in [-0.39, 0.29) is 6.03 Å². The minimum Gasteiger partial charge on any atom is -0.494 e. The number of amides is 2. The first-order valence-corrected chi connectivity index (χ1v) is 10.3. The summed E-state index contributed by atoms with van der Waals surface area (Å²) in [5.41, 5.74) is 1.46. The molecule has 2 amide bonds. The number of aromatic nitrogens is 1. The van der Waals surface area contributed by atoms with Crippen molar-refractivity contribution in [2.24, 2.45) is 0 Å². The zero-order valence-electron chi connectivity index (χ0n) is 15.1. The van der Waals surface area contributed by atoms with Gasteiger partial charge in [-0.05, 0) is 30.3 Å². The Bertz CT molecular complexity index is 1020. The number of urea groups is 1. The third kappa shape index (κ3) is 3.83. The molecule has 3 aromatic rings. The van der Waals surface area contributed by atoms with E-state index in [0.29, 0.717) is 47.7 Å². The summed E-state index contributed by atoms with van der Waals surface area (Å²) in [5.74, 6) is 0.710. The number of anilines is 2. The second-order valence-corrected chi connectivity index (χ2v) is 8.16. The lowest BCUT2D eigenvalue weighted by Gasteiger charge is -2.34. The summed E-state index contributed by atoms with van der Waals surface area (Å²) in [6.45, 7) is 2.60. The summed E-state index contributed by atoms with van der Waals surface area (Å²) < 4.78 is 6.31. The van der Waals surface area contributed by atoms with Crippen molar-refractivity contribution in [1.82, 2.24) is 9.88 Å². The van der Waals surface area contributed by atoms with Gasteiger partial charge in [0.2, 0.25) is 0 Å². The molecular formula is C19H18Cl2N4O2S. The predicted molar refractivity (Wildman–Crippen MR) is 115 cm³/mol. The summed E-state index contributed by atoms with van der Waals surface area (Å²) in [7, 11) is 1.62. The van der Waals surface area contributed by atoms with Crippen LogP contribution in [0.3, 0.4) is 0 Å². The molecule has 0 bridgehead atoms. The number of halogens is 2. The molecule has 0 aliphatic carbocycles. The van der Waals surface area contributed by atoms with Crippen LogP contribution in [-0.2, 0) is 0 Å². The molecule has 0 radical (unpaired) electrons. The van der Waals surface area contributed by atoms with Crippen LogP contribution in [0.25, 0.3) is 10.2 Å². The van der Waals surface area contributed by atoms with Crippen molar-refractivity contribution >= 4 is 61.6 Å². The highest BCUT2D eigenvalue weighted by Crippen LogP contribution is 2.38. The molecule has 1 fully saturated rings. The maximum Gasteiger partial charge on any atom is 0.321 e. The highest BCUT2D eigenvalue weighted by Gasteiger charge is 2.24. The molecule has 28 heavy (non-hydrogen) atoms. The molecule has 9 heteroatoms. The molecule has 1 N–H and O–H groups in total. The van der Waals surface area contributed by atoms with Gasteiger partial charge in [0.25, 0.3) is 0 Å². The number of rotatable bonds is 3. The van der Waals surface area contributed by atoms with Crippen LogP contribution >= 0.6 is 34.5 Å². The van der Waals surface area contributed by atoms with Crippen LogP contribution in [0.4, 0.5) is 15.6 Å². The molecule has 0 atom stereocenters. The maximum absolute atomic E-state index is 12.5. The van der Waals surface area contributed by atoms with Crippen molar-refractivity contribution < 1.29 is 9.53 Å². The molecule has 0 spiro atoms. The number of hydrogen-bond donors (Lipinski definition) is 1. The molecular weight excluding hydrogens is 419 g/mol. The van der Waals surface area contributed by atoms with Crippen molar-refractivity contribution in [3.8, 4) is 5.75 Å². The number of thiazole rings is 1. The average Bonchev–Trinajstić information content (AvgIpc) is 3.15. The molecule has 4 rings (SSSR count). The number of ether oxygens (including phenoxy) is 1. The highest BCUT2D eigenvalue weighted by atomic mass is 35.5. The van der Waals surface area contributed by atoms with E-state index in [1.807, 2.05) is 24.3 Å². The van der Waals surface area contributed by atoms with Gasteiger partial charge in [0.1, 0.15) is 11.3 Å². The van der Waals surface area contributed by atoms with E-state index in [2.05, 4.69) is 10.2 Å². The third-order valence-electron chi connectivity index (χ3n) is 4.58. The number of fused-ring (bicyclic) bond motifs is 1. The van der Waals surface area contributed by atoms with Crippen LogP contribution in [0.5, 0.6) is 5.75 Å². The van der Waals surface area contributed by atoms with Crippen molar-refractivity contribution in [3.05, 3.63) is 46.4 Å².